The predicted molar refractivity (Wildman–Crippen MR) is 71.4 cm³/mol. The van der Waals surface area contributed by atoms with Crippen molar-refractivity contribution in [3.63, 3.8) is 0 Å². The lowest BCUT2D eigenvalue weighted by Crippen LogP contribution is -2.18. The largest absolute Gasteiger partial charge is 0.482 e. The van der Waals surface area contributed by atoms with Gasteiger partial charge in [0.25, 0.3) is 0 Å². The number of hydrogen-bond acceptors (Lipinski definition) is 4. The van der Waals surface area contributed by atoms with Crippen molar-refractivity contribution < 1.29 is 32.8 Å². The van der Waals surface area contributed by atoms with Crippen LogP contribution in [0.3, 0.4) is 0 Å². The molecule has 1 radical (unpaired) electrons. The first kappa shape index (κ1) is 19.5. The summed E-state index contributed by atoms with van der Waals surface area (Å²) >= 11 is 0. The molecule has 0 saturated carbocycles. The van der Waals surface area contributed by atoms with Gasteiger partial charge in [0.15, 0.2) is 0 Å². The zero-order valence-corrected chi connectivity index (χ0v) is 11.9. The van der Waals surface area contributed by atoms with E-state index in [1.807, 2.05) is 20.8 Å². The predicted octanol–water partition coefficient (Wildman–Crippen LogP) is 2.41. The van der Waals surface area contributed by atoms with Gasteiger partial charge in [-0.25, -0.2) is 4.79 Å². The summed E-state index contributed by atoms with van der Waals surface area (Å²) in [5.74, 6) is -0.612. The molecule has 0 aliphatic carbocycles. The smallest absolute Gasteiger partial charge is 0.462 e. The fraction of sp³-hybridized carbons (Fsp3) is 0.462. The zero-order chi connectivity index (χ0) is 16.7. The van der Waals surface area contributed by atoms with Crippen LogP contribution in [-0.4, -0.2) is 30.3 Å². The first-order valence-electron chi connectivity index (χ1n) is 5.96. The fourth-order valence-electron chi connectivity index (χ4n) is 1.16. The highest BCUT2D eigenvalue weighted by molar-refractivity contribution is 6.13. The number of carbonyl (C=O) groups excluding carboxylic acids is 1. The van der Waals surface area contributed by atoms with Gasteiger partial charge in [-0.2, -0.15) is 13.2 Å². The number of halogens is 3. The average Bonchev–Trinajstić information content (AvgIpc) is 2.35. The summed E-state index contributed by atoms with van der Waals surface area (Å²) in [6.07, 6.45) is -4.39. The second-order valence-corrected chi connectivity index (χ2v) is 5.33. The Labute approximate surface area is 121 Å². The molecule has 0 amide bonds. The number of carbonyl (C=O) groups is 1. The Morgan fingerprint density at radius 1 is 1.14 bits per heavy atom. The highest BCUT2D eigenvalue weighted by Crippen LogP contribution is 2.29. The minimum absolute atomic E-state index is 0. The van der Waals surface area contributed by atoms with Gasteiger partial charge in [-0.05, 0) is 29.7 Å². The Morgan fingerprint density at radius 3 is 1.90 bits per heavy atom. The maximum absolute atomic E-state index is 12.3. The molecule has 21 heavy (non-hydrogen) atoms. The number of hydrogen-bond donors (Lipinski definition) is 2. The van der Waals surface area contributed by atoms with Gasteiger partial charge in [-0.1, -0.05) is 20.8 Å². The molecule has 0 fully saturated rings. The third kappa shape index (κ3) is 8.36. The molecule has 1 aromatic rings. The Balaban J connectivity index is 0.00000122. The summed E-state index contributed by atoms with van der Waals surface area (Å²) in [5.41, 5.74) is -0.844. The normalized spacial score (nSPS) is 11.2. The van der Waals surface area contributed by atoms with Crippen LogP contribution in [-0.2, 0) is 10.9 Å². The van der Waals surface area contributed by atoms with Gasteiger partial charge in [0.1, 0.15) is 0 Å². The number of rotatable bonds is 2. The minimum Gasteiger partial charge on any atom is -0.462 e. The molecule has 4 nitrogen and oxygen atoms in total. The molecule has 0 heterocycles. The molecule has 0 unspecified atom stereocenters. The summed E-state index contributed by atoms with van der Waals surface area (Å²) in [7, 11) is 0. The molecule has 2 N–H and O–H groups in total. The van der Waals surface area contributed by atoms with Crippen LogP contribution in [0.1, 0.15) is 36.7 Å². The molecule has 117 valence electrons. The lowest BCUT2D eigenvalue weighted by molar-refractivity contribution is -0.137. The van der Waals surface area contributed by atoms with E-state index in [-0.39, 0.29) is 25.3 Å². The lowest BCUT2D eigenvalue weighted by Gasteiger charge is -2.17. The Bertz CT molecular complexity index is 438. The van der Waals surface area contributed by atoms with Crippen LogP contribution in [0.4, 0.5) is 13.2 Å². The number of ether oxygens (including phenoxy) is 1. The van der Waals surface area contributed by atoms with Crippen molar-refractivity contribution in [1.29, 1.82) is 0 Å². The first-order valence-corrected chi connectivity index (χ1v) is 5.96. The summed E-state index contributed by atoms with van der Waals surface area (Å²) < 4.78 is 41.9. The van der Waals surface area contributed by atoms with Crippen molar-refractivity contribution in [2.45, 2.75) is 26.9 Å². The molecule has 8 heteroatoms. The van der Waals surface area contributed by atoms with E-state index in [9.17, 15) is 18.0 Å². The quantitative estimate of drug-likeness (QED) is 0.650. The molecule has 0 saturated heterocycles. The number of alkyl halides is 3. The summed E-state index contributed by atoms with van der Waals surface area (Å²) in [6, 6.07) is 3.98. The zero-order valence-electron chi connectivity index (χ0n) is 11.9. The van der Waals surface area contributed by atoms with Crippen molar-refractivity contribution in [2.24, 2.45) is 5.41 Å². The molecule has 1 rings (SSSR count). The minimum atomic E-state index is -4.39. The highest BCUT2D eigenvalue weighted by Gasteiger charge is 2.30. The van der Waals surface area contributed by atoms with E-state index in [0.29, 0.717) is 0 Å². The van der Waals surface area contributed by atoms with Crippen LogP contribution in [0.5, 0.6) is 0 Å². The molecule has 0 aliphatic heterocycles. The van der Waals surface area contributed by atoms with Crippen molar-refractivity contribution in [1.82, 2.24) is 0 Å². The van der Waals surface area contributed by atoms with Gasteiger partial charge in [-0.3, -0.25) is 0 Å². The van der Waals surface area contributed by atoms with Crippen LogP contribution >= 0.6 is 0 Å². The van der Waals surface area contributed by atoms with E-state index in [4.69, 9.17) is 14.8 Å². The molecular weight excluding hydrogens is 288 g/mol. The van der Waals surface area contributed by atoms with Gasteiger partial charge >= 0.3 is 19.8 Å². The average molecular weight is 305 g/mol. The van der Waals surface area contributed by atoms with E-state index >= 15 is 0 Å². The first-order chi connectivity index (χ1) is 9.51. The van der Waals surface area contributed by atoms with Crippen molar-refractivity contribution in [3.05, 3.63) is 35.4 Å². The van der Waals surface area contributed by atoms with Gasteiger partial charge in [0, 0.05) is 0 Å². The van der Waals surface area contributed by atoms with E-state index in [1.165, 1.54) is 0 Å². The second kappa shape index (κ2) is 8.04. The van der Waals surface area contributed by atoms with E-state index in [2.05, 4.69) is 0 Å². The Kier molecular flexibility index (Phi) is 7.45. The van der Waals surface area contributed by atoms with E-state index in [1.54, 1.807) is 0 Å². The van der Waals surface area contributed by atoms with Gasteiger partial charge in [0.2, 0.25) is 0 Å². The van der Waals surface area contributed by atoms with E-state index in [0.717, 1.165) is 24.3 Å². The number of benzene rings is 1. The maximum Gasteiger partial charge on any atom is 0.482 e. The molecule has 0 spiro atoms. The van der Waals surface area contributed by atoms with Crippen molar-refractivity contribution >= 4 is 13.7 Å². The molecule has 1 aromatic carbocycles. The van der Waals surface area contributed by atoms with Crippen LogP contribution in [0.25, 0.3) is 0 Å². The van der Waals surface area contributed by atoms with Crippen LogP contribution in [0.15, 0.2) is 24.3 Å². The molecule has 0 bridgehead atoms. The van der Waals surface area contributed by atoms with Crippen LogP contribution in [0.2, 0.25) is 0 Å². The topological polar surface area (TPSA) is 66.8 Å². The third-order valence-electron chi connectivity index (χ3n) is 2.08. The second-order valence-electron chi connectivity index (χ2n) is 5.33. The van der Waals surface area contributed by atoms with Gasteiger partial charge in [0.05, 0.1) is 17.7 Å². The Hall–Kier alpha value is -1.54. The lowest BCUT2D eigenvalue weighted by atomic mass is 9.99. The summed E-state index contributed by atoms with van der Waals surface area (Å²) in [6.45, 7) is 5.90. The fourth-order valence-corrected chi connectivity index (χ4v) is 1.16. The van der Waals surface area contributed by atoms with E-state index < -0.39 is 17.7 Å². The third-order valence-corrected chi connectivity index (χ3v) is 2.08. The monoisotopic (exact) mass is 305 g/mol. The molecule has 0 aromatic heterocycles. The molecular formula is C13H17BF3O4. The van der Waals surface area contributed by atoms with Crippen LogP contribution < -0.4 is 0 Å². The summed E-state index contributed by atoms with van der Waals surface area (Å²) in [4.78, 5) is 11.5. The SMILES string of the molecule is CC(C)(C)COC(=O)c1ccc(C(F)(F)F)cc1.O[B]O. The van der Waals surface area contributed by atoms with Crippen LogP contribution in [0, 0.1) is 5.41 Å². The highest BCUT2D eigenvalue weighted by atomic mass is 19.4. The maximum atomic E-state index is 12.3. The molecule has 0 atom stereocenters. The number of esters is 1. The van der Waals surface area contributed by atoms with Gasteiger partial charge in [-0.15, -0.1) is 0 Å². The Morgan fingerprint density at radius 2 is 1.57 bits per heavy atom. The van der Waals surface area contributed by atoms with Crippen molar-refractivity contribution in [2.75, 3.05) is 6.61 Å². The van der Waals surface area contributed by atoms with Crippen molar-refractivity contribution in [3.8, 4) is 0 Å². The molecule has 0 aliphatic rings. The standard InChI is InChI=1S/C13H15F3O2.BH2O2/c1-12(2,3)8-18-11(17)9-4-6-10(7-5-9)13(14,15)16;2-1-3/h4-7H,8H2,1-3H3;2-3H. The summed E-state index contributed by atoms with van der Waals surface area (Å²) in [5, 5.41) is 14.0. The van der Waals surface area contributed by atoms with Gasteiger partial charge < -0.3 is 14.8 Å².